The fourth-order valence-electron chi connectivity index (χ4n) is 7.71. The summed E-state index contributed by atoms with van der Waals surface area (Å²) in [5.41, 5.74) is 0.991. The first-order chi connectivity index (χ1) is 21.6. The molecule has 2 fully saturated rings. The molecule has 2 aliphatic rings. The normalized spacial score (nSPS) is 23.2. The Morgan fingerprint density at radius 1 is 1.02 bits per heavy atom. The van der Waals surface area contributed by atoms with Crippen LogP contribution in [0.25, 0.3) is 0 Å². The Morgan fingerprint density at radius 3 is 2.49 bits per heavy atom. The molecule has 2 aromatic carbocycles. The van der Waals surface area contributed by atoms with Gasteiger partial charge in [0.05, 0.1) is 0 Å². The molecule has 0 aromatic heterocycles. The molecular formula is C38H52N2O5. The summed E-state index contributed by atoms with van der Waals surface area (Å²) in [5, 5.41) is 0. The molecule has 2 aromatic rings. The topological polar surface area (TPSA) is 76.2 Å². The van der Waals surface area contributed by atoms with Crippen LogP contribution < -0.4 is 4.74 Å². The highest BCUT2D eigenvalue weighted by molar-refractivity contribution is 5.76. The number of benzene rings is 2. The first kappa shape index (κ1) is 34.4. The minimum atomic E-state index is -0.782. The van der Waals surface area contributed by atoms with Crippen molar-refractivity contribution in [3.05, 3.63) is 78.4 Å². The van der Waals surface area contributed by atoms with Crippen LogP contribution in [0.2, 0.25) is 0 Å². The van der Waals surface area contributed by atoms with E-state index in [0.29, 0.717) is 50.6 Å². The van der Waals surface area contributed by atoms with Gasteiger partial charge in [0.15, 0.2) is 0 Å². The molecule has 1 saturated carbocycles. The highest BCUT2D eigenvalue weighted by atomic mass is 16.6. The fourth-order valence-corrected chi connectivity index (χ4v) is 7.71. The Morgan fingerprint density at radius 2 is 1.80 bits per heavy atom. The summed E-state index contributed by atoms with van der Waals surface area (Å²) in [7, 11) is 0. The molecule has 0 radical (unpaired) electrons. The lowest BCUT2D eigenvalue weighted by Crippen LogP contribution is -2.68. The molecule has 1 aliphatic carbocycles. The maximum Gasteiger partial charge on any atom is 0.308 e. The van der Waals surface area contributed by atoms with Gasteiger partial charge in [0.2, 0.25) is 5.91 Å². The zero-order valence-electron chi connectivity index (χ0n) is 27.8. The molecule has 0 N–H and O–H groups in total. The average molecular weight is 617 g/mol. The molecule has 3 unspecified atom stereocenters. The predicted octanol–water partition coefficient (Wildman–Crippen LogP) is 6.88. The lowest BCUT2D eigenvalue weighted by atomic mass is 9.54. The predicted molar refractivity (Wildman–Crippen MR) is 178 cm³/mol. The second-order valence-electron chi connectivity index (χ2n) is 13.4. The van der Waals surface area contributed by atoms with E-state index in [4.69, 9.17) is 9.47 Å². The number of amides is 1. The number of fused-ring (bicyclic) bond motifs is 1. The van der Waals surface area contributed by atoms with E-state index in [1.165, 1.54) is 19.4 Å². The quantitative estimate of drug-likeness (QED) is 0.0997. The fraction of sp³-hybridized carbons (Fsp3) is 0.553. The van der Waals surface area contributed by atoms with E-state index in [1.807, 2.05) is 24.3 Å². The van der Waals surface area contributed by atoms with E-state index in [-0.39, 0.29) is 23.9 Å². The maximum atomic E-state index is 13.9. The summed E-state index contributed by atoms with van der Waals surface area (Å²) in [4.78, 5) is 43.0. The van der Waals surface area contributed by atoms with Crippen molar-refractivity contribution < 1.29 is 23.9 Å². The van der Waals surface area contributed by atoms with Crippen LogP contribution in [0.4, 0.5) is 0 Å². The van der Waals surface area contributed by atoms with Crippen LogP contribution in [-0.2, 0) is 31.0 Å². The van der Waals surface area contributed by atoms with E-state index >= 15 is 0 Å². The molecule has 244 valence electrons. The minimum absolute atomic E-state index is 0.0104. The van der Waals surface area contributed by atoms with Gasteiger partial charge in [-0.1, -0.05) is 68.8 Å². The molecule has 0 spiro atoms. The number of esters is 2. The second kappa shape index (κ2) is 15.7. The van der Waals surface area contributed by atoms with Crippen molar-refractivity contribution in [3.8, 4) is 5.75 Å². The third kappa shape index (κ3) is 8.63. The number of aryl methyl sites for hydroxylation is 1. The highest BCUT2D eigenvalue weighted by Gasteiger charge is 2.61. The molecular weight excluding hydrogens is 564 g/mol. The number of rotatable bonds is 14. The zero-order valence-corrected chi connectivity index (χ0v) is 27.8. The van der Waals surface area contributed by atoms with Crippen molar-refractivity contribution in [3.63, 3.8) is 0 Å². The molecule has 1 heterocycles. The van der Waals surface area contributed by atoms with Crippen molar-refractivity contribution in [2.75, 3.05) is 26.2 Å². The van der Waals surface area contributed by atoms with Gasteiger partial charge in [-0.25, -0.2) is 0 Å². The van der Waals surface area contributed by atoms with Gasteiger partial charge in [0, 0.05) is 51.4 Å². The van der Waals surface area contributed by atoms with E-state index in [0.717, 1.165) is 50.6 Å². The van der Waals surface area contributed by atoms with Crippen molar-refractivity contribution in [1.82, 2.24) is 9.80 Å². The maximum absolute atomic E-state index is 13.9. The number of ether oxygens (including phenoxy) is 2. The Hall–Kier alpha value is -3.45. The Balaban J connectivity index is 1.61. The van der Waals surface area contributed by atoms with Crippen molar-refractivity contribution in [2.24, 2.45) is 5.92 Å². The van der Waals surface area contributed by atoms with E-state index in [9.17, 15) is 14.4 Å². The van der Waals surface area contributed by atoms with Gasteiger partial charge < -0.3 is 14.4 Å². The molecule has 3 atom stereocenters. The molecule has 7 heteroatoms. The van der Waals surface area contributed by atoms with Crippen LogP contribution in [0.15, 0.2) is 67.3 Å². The largest absolute Gasteiger partial charge is 0.457 e. The number of carbonyl (C=O) groups is 3. The summed E-state index contributed by atoms with van der Waals surface area (Å²) in [6.45, 7) is 14.0. The van der Waals surface area contributed by atoms with Gasteiger partial charge in [0.1, 0.15) is 11.4 Å². The molecule has 0 bridgehead atoms. The SMILES string of the molecule is C=CCN1CCC2(c3cccc(OC(C)=O)c3)CC(N(CC(C)C)C(=O)CCCCCc3ccccc3)CCC2(OC(C)=O)C1. The lowest BCUT2D eigenvalue weighted by Gasteiger charge is -2.60. The number of nitrogens with zero attached hydrogens (tertiary/aromatic N) is 2. The lowest BCUT2D eigenvalue weighted by molar-refractivity contribution is -0.190. The van der Waals surface area contributed by atoms with Crippen LogP contribution >= 0.6 is 0 Å². The number of hydrogen-bond acceptors (Lipinski definition) is 6. The Kier molecular flexibility index (Phi) is 12.0. The summed E-state index contributed by atoms with van der Waals surface area (Å²) < 4.78 is 11.9. The van der Waals surface area contributed by atoms with Crippen LogP contribution in [-0.4, -0.2) is 65.5 Å². The number of hydrogen-bond donors (Lipinski definition) is 0. The first-order valence-corrected chi connectivity index (χ1v) is 16.7. The average Bonchev–Trinajstić information content (AvgIpc) is 2.99. The second-order valence-corrected chi connectivity index (χ2v) is 13.4. The molecule has 45 heavy (non-hydrogen) atoms. The van der Waals surface area contributed by atoms with Crippen LogP contribution in [0.1, 0.15) is 90.2 Å². The number of piperidine rings is 1. The van der Waals surface area contributed by atoms with E-state index in [1.54, 1.807) is 6.07 Å². The zero-order chi connectivity index (χ0) is 32.5. The van der Waals surface area contributed by atoms with Gasteiger partial charge in [-0.05, 0) is 80.7 Å². The third-order valence-electron chi connectivity index (χ3n) is 9.57. The van der Waals surface area contributed by atoms with Gasteiger partial charge >= 0.3 is 11.9 Å². The summed E-state index contributed by atoms with van der Waals surface area (Å²) in [5.74, 6) is 0.328. The molecule has 1 aliphatic heterocycles. The van der Waals surface area contributed by atoms with Crippen LogP contribution in [0, 0.1) is 5.92 Å². The summed E-state index contributed by atoms with van der Waals surface area (Å²) in [6, 6.07) is 18.2. The Bertz CT molecular complexity index is 1310. The van der Waals surface area contributed by atoms with E-state index in [2.05, 4.69) is 60.6 Å². The van der Waals surface area contributed by atoms with Crippen molar-refractivity contribution in [2.45, 2.75) is 103 Å². The molecule has 1 amide bonds. The molecule has 4 rings (SSSR count). The van der Waals surface area contributed by atoms with Gasteiger partial charge in [0.25, 0.3) is 0 Å². The number of carbonyl (C=O) groups excluding carboxylic acids is 3. The molecule has 1 saturated heterocycles. The van der Waals surface area contributed by atoms with Crippen molar-refractivity contribution in [1.29, 1.82) is 0 Å². The summed E-state index contributed by atoms with van der Waals surface area (Å²) in [6.07, 6.45) is 9.24. The van der Waals surface area contributed by atoms with Gasteiger partial charge in [-0.3, -0.25) is 19.3 Å². The first-order valence-electron chi connectivity index (χ1n) is 16.7. The number of unbranched alkanes of at least 4 members (excludes halogenated alkanes) is 2. The van der Waals surface area contributed by atoms with Gasteiger partial charge in [-0.2, -0.15) is 0 Å². The number of likely N-dealkylation sites (tertiary alicyclic amines) is 1. The standard InChI is InChI=1S/C38H52N2O5/c1-6-23-39-24-22-37(33-17-13-18-35(25-33)44-30(4)41)26-34(20-21-38(37,28-39)45-31(5)42)40(27-29(2)3)36(43)19-12-8-11-16-32-14-9-7-10-15-32/h6-7,9-10,13-15,17-18,25,29,34H,1,8,11-12,16,19-24,26-28H2,2-5H3. The summed E-state index contributed by atoms with van der Waals surface area (Å²) >= 11 is 0. The van der Waals surface area contributed by atoms with Crippen LogP contribution in [0.3, 0.4) is 0 Å². The molecule has 7 nitrogen and oxygen atoms in total. The minimum Gasteiger partial charge on any atom is -0.457 e. The third-order valence-corrected chi connectivity index (χ3v) is 9.57. The van der Waals surface area contributed by atoms with Crippen LogP contribution in [0.5, 0.6) is 5.75 Å². The van der Waals surface area contributed by atoms with E-state index < -0.39 is 11.0 Å². The monoisotopic (exact) mass is 616 g/mol. The highest BCUT2D eigenvalue weighted by Crippen LogP contribution is 2.55. The Labute approximate surface area is 270 Å². The smallest absolute Gasteiger partial charge is 0.308 e. The van der Waals surface area contributed by atoms with Crippen molar-refractivity contribution >= 4 is 17.8 Å². The van der Waals surface area contributed by atoms with Gasteiger partial charge in [-0.15, -0.1) is 6.58 Å².